The van der Waals surface area contributed by atoms with Crippen LogP contribution in [0.3, 0.4) is 0 Å². The van der Waals surface area contributed by atoms with Gasteiger partial charge in [-0.3, -0.25) is 18.8 Å². The third kappa shape index (κ3) is 9.64. The topological polar surface area (TPSA) is 130 Å². The summed E-state index contributed by atoms with van der Waals surface area (Å²) in [6.45, 7) is 9.65. The number of benzene rings is 2. The van der Waals surface area contributed by atoms with Crippen molar-refractivity contribution in [3.8, 4) is 22.9 Å². The number of hydrogen-bond acceptors (Lipinski definition) is 8. The number of ether oxygens (including phenoxy) is 2. The van der Waals surface area contributed by atoms with Crippen molar-refractivity contribution in [2.75, 3.05) is 18.9 Å². The van der Waals surface area contributed by atoms with Crippen LogP contribution in [0.15, 0.2) is 113 Å². The van der Waals surface area contributed by atoms with E-state index in [1.165, 1.54) is 38.1 Å². The van der Waals surface area contributed by atoms with Gasteiger partial charge >= 0.3 is 0 Å². The fraction of sp³-hybridized carbons (Fsp3) is 0.300. The summed E-state index contributed by atoms with van der Waals surface area (Å²) in [4.78, 5) is 21.6. The molecule has 1 N–H and O–H groups in total. The van der Waals surface area contributed by atoms with Gasteiger partial charge in [-0.05, 0) is 66.1 Å². The molecule has 0 amide bonds. The minimum Gasteiger partial charge on any atom is -0.493 e. The molecular weight excluding hydrogens is 677 g/mol. The number of nitrogens with zero attached hydrogens (tertiary/aromatic N) is 5. The molecule has 5 rings (SSSR count). The zero-order chi connectivity index (χ0) is 37.3. The first-order valence-corrected chi connectivity index (χ1v) is 18.7. The Morgan fingerprint density at radius 3 is 2.19 bits per heavy atom. The summed E-state index contributed by atoms with van der Waals surface area (Å²) in [5, 5.41) is 4.98. The molecule has 0 aliphatic heterocycles. The van der Waals surface area contributed by atoms with Crippen LogP contribution in [0.1, 0.15) is 56.6 Å². The molecule has 2 aromatic carbocycles. The van der Waals surface area contributed by atoms with Crippen molar-refractivity contribution in [2.24, 2.45) is 0 Å². The van der Waals surface area contributed by atoms with Gasteiger partial charge in [-0.1, -0.05) is 75.4 Å². The molecule has 12 heteroatoms. The predicted molar refractivity (Wildman–Crippen MR) is 204 cm³/mol. The highest BCUT2D eigenvalue weighted by Crippen LogP contribution is 2.29. The maximum absolute atomic E-state index is 13.1. The number of pyridine rings is 2. The summed E-state index contributed by atoms with van der Waals surface area (Å²) in [6, 6.07) is 28.1. The van der Waals surface area contributed by atoms with Crippen molar-refractivity contribution in [1.82, 2.24) is 24.3 Å². The molecule has 0 spiro atoms. The highest BCUT2D eigenvalue weighted by Gasteiger charge is 2.19. The van der Waals surface area contributed by atoms with Gasteiger partial charge in [-0.2, -0.15) is 5.10 Å². The van der Waals surface area contributed by atoms with Crippen molar-refractivity contribution < 1.29 is 17.9 Å². The molecule has 0 saturated carbocycles. The molecule has 0 atom stereocenters. The summed E-state index contributed by atoms with van der Waals surface area (Å²) in [5.74, 6) is 1.36. The number of hydrogen-bond donors (Lipinski definition) is 1. The molecule has 52 heavy (non-hydrogen) atoms. The van der Waals surface area contributed by atoms with Gasteiger partial charge in [-0.15, -0.1) is 0 Å². The van der Waals surface area contributed by atoms with Crippen LogP contribution in [0.2, 0.25) is 0 Å². The van der Waals surface area contributed by atoms with Gasteiger partial charge < -0.3 is 9.47 Å². The summed E-state index contributed by atoms with van der Waals surface area (Å²) in [6.07, 6.45) is 5.27. The minimum atomic E-state index is -3.99. The fourth-order valence-corrected chi connectivity index (χ4v) is 6.58. The van der Waals surface area contributed by atoms with Gasteiger partial charge in [0.2, 0.25) is 5.88 Å². The molecule has 5 aromatic rings. The summed E-state index contributed by atoms with van der Waals surface area (Å²) < 4.78 is 42.8. The Kier molecular flexibility index (Phi) is 12.1. The molecule has 3 heterocycles. The average molecular weight is 723 g/mol. The Labute approximate surface area is 305 Å². The van der Waals surface area contributed by atoms with E-state index < -0.39 is 10.0 Å². The first-order chi connectivity index (χ1) is 24.9. The van der Waals surface area contributed by atoms with E-state index in [0.29, 0.717) is 31.1 Å². The second-order valence-electron chi connectivity index (χ2n) is 13.3. The number of rotatable bonds is 13. The van der Waals surface area contributed by atoms with Crippen molar-refractivity contribution in [1.29, 1.82) is 0 Å². The Morgan fingerprint density at radius 1 is 0.827 bits per heavy atom. The van der Waals surface area contributed by atoms with E-state index in [4.69, 9.17) is 14.6 Å². The van der Waals surface area contributed by atoms with Crippen molar-refractivity contribution in [3.05, 3.63) is 136 Å². The smallest absolute Gasteiger partial charge is 0.264 e. The van der Waals surface area contributed by atoms with E-state index in [2.05, 4.69) is 59.7 Å². The highest BCUT2D eigenvalue weighted by molar-refractivity contribution is 7.92. The van der Waals surface area contributed by atoms with E-state index >= 15 is 0 Å². The Balaban J connectivity index is 1.31. The minimum absolute atomic E-state index is 0.0363. The molecule has 0 aliphatic rings. The largest absolute Gasteiger partial charge is 0.493 e. The lowest BCUT2D eigenvalue weighted by Gasteiger charge is -2.19. The Hall–Kier alpha value is -5.49. The molecule has 272 valence electrons. The van der Waals surface area contributed by atoms with Crippen LogP contribution in [0.25, 0.3) is 11.3 Å². The number of anilines is 1. The second-order valence-corrected chi connectivity index (χ2v) is 15.0. The van der Waals surface area contributed by atoms with Gasteiger partial charge in [0.25, 0.3) is 15.6 Å². The number of methoxy groups -OCH3 is 2. The molecule has 0 saturated heterocycles. The first-order valence-electron chi connectivity index (χ1n) is 17.2. The Bertz CT molecular complexity index is 2190. The highest BCUT2D eigenvalue weighted by atomic mass is 32.2. The van der Waals surface area contributed by atoms with Crippen LogP contribution < -0.4 is 19.8 Å². The van der Waals surface area contributed by atoms with Crippen LogP contribution in [0.4, 0.5) is 5.82 Å². The van der Waals surface area contributed by atoms with Crippen LogP contribution in [-0.4, -0.2) is 47.0 Å². The van der Waals surface area contributed by atoms with E-state index in [1.807, 2.05) is 48.1 Å². The number of nitrogens with one attached hydrogen (secondary N) is 1. The fourth-order valence-electron chi connectivity index (χ4n) is 5.62. The van der Waals surface area contributed by atoms with Gasteiger partial charge in [0.15, 0.2) is 11.6 Å². The van der Waals surface area contributed by atoms with E-state index in [1.54, 1.807) is 28.8 Å². The predicted octanol–water partition coefficient (Wildman–Crippen LogP) is 6.99. The molecule has 0 fully saturated rings. The van der Waals surface area contributed by atoms with Crippen molar-refractivity contribution in [2.45, 2.75) is 70.4 Å². The molecule has 0 unspecified atom stereocenters. The number of sulfonamides is 1. The van der Waals surface area contributed by atoms with Gasteiger partial charge in [-0.25, -0.2) is 18.4 Å². The number of aromatic nitrogens is 5. The maximum Gasteiger partial charge on any atom is 0.264 e. The third-order valence-electron chi connectivity index (χ3n) is 8.56. The molecule has 3 aromatic heterocycles. The summed E-state index contributed by atoms with van der Waals surface area (Å²) in [7, 11) is -1.08. The van der Waals surface area contributed by atoms with Crippen molar-refractivity contribution >= 4 is 15.8 Å². The van der Waals surface area contributed by atoms with E-state index in [-0.39, 0.29) is 27.4 Å². The number of aryl methyl sites for hydroxylation is 2. The molecule has 0 bridgehead atoms. The van der Waals surface area contributed by atoms with Gasteiger partial charge in [0.1, 0.15) is 10.7 Å². The first kappa shape index (κ1) is 37.8. The third-order valence-corrected chi connectivity index (χ3v) is 9.89. The standard InChI is InChI=1S/C40H46N6O5S/c1-7-46-36(43-45(26-9-8-13-38(46)47)28-30-16-20-32(21-17-30)40(2,3)4)12-10-11-29-14-18-31(19-15-29)34-23-24-35(50-5)39(42-34)44-52(48,49)33-22-25-37(51-6)41-27-33/h8-9,13-27H,7,10-12,28H2,1-6H3,(H,42,44). The lowest BCUT2D eigenvalue weighted by Crippen LogP contribution is -2.22. The van der Waals surface area contributed by atoms with Crippen LogP contribution in [0, 0.1) is 0 Å². The Morgan fingerprint density at radius 2 is 1.56 bits per heavy atom. The SMILES string of the molecule is CCn1c(CCCc2ccc(-c3ccc(OC)c(NS(=O)(=O)c4ccc(OC)nc4)n3)cc2)nn(Cc2ccc(C(C)(C)C)cc2)ccccc1=O. The van der Waals surface area contributed by atoms with E-state index in [0.717, 1.165) is 35.4 Å². The van der Waals surface area contributed by atoms with Crippen LogP contribution in [-0.2, 0) is 41.4 Å². The quantitative estimate of drug-likeness (QED) is 0.138. The lowest BCUT2D eigenvalue weighted by molar-refractivity contribution is 0.397. The van der Waals surface area contributed by atoms with E-state index in [9.17, 15) is 13.2 Å². The molecular formula is C40H46N6O5S. The summed E-state index contributed by atoms with van der Waals surface area (Å²) >= 11 is 0. The lowest BCUT2D eigenvalue weighted by atomic mass is 9.87. The van der Waals surface area contributed by atoms with Gasteiger partial charge in [0.05, 0.1) is 32.7 Å². The van der Waals surface area contributed by atoms with Gasteiger partial charge in [0, 0.05) is 36.9 Å². The summed E-state index contributed by atoms with van der Waals surface area (Å²) in [5.41, 5.74) is 4.87. The zero-order valence-corrected chi connectivity index (χ0v) is 31.4. The molecule has 0 radical (unpaired) electrons. The molecule has 11 nitrogen and oxygen atoms in total. The van der Waals surface area contributed by atoms with Crippen molar-refractivity contribution in [3.63, 3.8) is 0 Å². The monoisotopic (exact) mass is 722 g/mol. The second kappa shape index (κ2) is 16.7. The maximum atomic E-state index is 13.1. The average Bonchev–Trinajstić information content (AvgIpc) is 3.20. The normalized spacial score (nSPS) is 11.5. The van der Waals surface area contributed by atoms with Crippen LogP contribution >= 0.6 is 0 Å². The molecule has 0 aliphatic carbocycles. The zero-order valence-electron chi connectivity index (χ0n) is 30.5. The van der Waals surface area contributed by atoms with Crippen LogP contribution in [0.5, 0.6) is 11.6 Å².